The molecule has 0 spiro atoms. The van der Waals surface area contributed by atoms with Crippen LogP contribution in [0.25, 0.3) is 11.0 Å². The molecular weight excluding hydrogens is 476 g/mol. The van der Waals surface area contributed by atoms with Crippen LogP contribution in [0, 0.1) is 5.92 Å². The second-order valence-corrected chi connectivity index (χ2v) is 9.39. The molecule has 1 aromatic heterocycles. The average molecular weight is 505 g/mol. The minimum absolute atomic E-state index is 0.0644. The number of benzene rings is 2. The van der Waals surface area contributed by atoms with Crippen LogP contribution in [0.3, 0.4) is 0 Å². The number of carbonyl (C=O) groups excluding carboxylic acids is 2. The van der Waals surface area contributed by atoms with Crippen molar-refractivity contribution in [2.45, 2.75) is 25.9 Å². The van der Waals surface area contributed by atoms with Gasteiger partial charge in [-0.3, -0.25) is 19.4 Å². The summed E-state index contributed by atoms with van der Waals surface area (Å²) >= 11 is 0. The zero-order chi connectivity index (χ0) is 25.9. The molecular formula is C26H28N6O5. The average Bonchev–Trinajstić information content (AvgIpc) is 3.37. The van der Waals surface area contributed by atoms with Crippen molar-refractivity contribution >= 4 is 34.7 Å². The maximum absolute atomic E-state index is 13.4. The topological polar surface area (TPSA) is 132 Å². The number of aliphatic carboxylic acids is 1. The zero-order valence-electron chi connectivity index (χ0n) is 20.5. The highest BCUT2D eigenvalue weighted by Gasteiger charge is 2.46. The molecule has 2 unspecified atom stereocenters. The lowest BCUT2D eigenvalue weighted by Crippen LogP contribution is -2.51. The molecule has 0 bridgehead atoms. The minimum atomic E-state index is -1.20. The number of piperazine rings is 1. The molecule has 2 aromatic carbocycles. The van der Waals surface area contributed by atoms with E-state index in [0.717, 1.165) is 37.6 Å². The Kier molecular flexibility index (Phi) is 7.06. The number of rotatable bonds is 7. The van der Waals surface area contributed by atoms with Gasteiger partial charge >= 0.3 is 12.0 Å². The van der Waals surface area contributed by atoms with Crippen molar-refractivity contribution in [3.63, 3.8) is 0 Å². The number of amides is 3. The van der Waals surface area contributed by atoms with Crippen LogP contribution in [0.5, 0.6) is 0 Å². The lowest BCUT2D eigenvalue weighted by atomic mass is 9.86. The number of aliphatic imine (C=N–C) groups is 1. The van der Waals surface area contributed by atoms with Crippen molar-refractivity contribution < 1.29 is 24.1 Å². The Morgan fingerprint density at radius 1 is 1.00 bits per heavy atom. The molecule has 0 saturated carbocycles. The Hall–Kier alpha value is -3.96. The third kappa shape index (κ3) is 5.13. The normalized spacial score (nSPS) is 21.3. The lowest BCUT2D eigenvalue weighted by molar-refractivity contribution is -0.142. The fraction of sp³-hybridized carbons (Fsp3) is 0.385. The Bertz CT molecular complexity index is 1330. The molecule has 2 aliphatic rings. The van der Waals surface area contributed by atoms with Crippen LogP contribution in [0.4, 0.5) is 4.79 Å². The zero-order valence-corrected chi connectivity index (χ0v) is 20.5. The highest BCUT2D eigenvalue weighted by atomic mass is 16.6. The van der Waals surface area contributed by atoms with Crippen LogP contribution < -0.4 is 0 Å². The number of nitrogens with zero attached hydrogens (tertiary/aromatic N) is 6. The molecule has 192 valence electrons. The van der Waals surface area contributed by atoms with Crippen molar-refractivity contribution in [1.82, 2.24) is 25.0 Å². The maximum atomic E-state index is 13.4. The summed E-state index contributed by atoms with van der Waals surface area (Å²) in [6, 6.07) is 13.4. The molecule has 3 aromatic rings. The summed E-state index contributed by atoms with van der Waals surface area (Å²) in [6.07, 6.45) is 0.0644. The van der Waals surface area contributed by atoms with Crippen LogP contribution >= 0.6 is 0 Å². The largest absolute Gasteiger partial charge is 0.481 e. The van der Waals surface area contributed by atoms with Gasteiger partial charge in [-0.15, -0.1) is 0 Å². The highest BCUT2D eigenvalue weighted by Crippen LogP contribution is 2.37. The number of aromatic nitrogens is 2. The Morgan fingerprint density at radius 2 is 1.73 bits per heavy atom. The number of fused-ring (bicyclic) bond motifs is 1. The van der Waals surface area contributed by atoms with Gasteiger partial charge in [-0.1, -0.05) is 42.5 Å². The van der Waals surface area contributed by atoms with Crippen LogP contribution in [-0.4, -0.2) is 86.5 Å². The molecule has 5 rings (SSSR count). The standard InChI is InChI=1S/C26H28N6O5/c1-17-22(25(34)35)24(19-8-5-9-20-23(19)29-37-28-20)32(26(36)27-17)21(33)10-11-30-12-14-31(15-13-30)16-18-6-3-2-4-7-18/h2-9,22,24H,10-16H2,1H3,(H,34,35). The van der Waals surface area contributed by atoms with E-state index in [2.05, 4.69) is 37.2 Å². The van der Waals surface area contributed by atoms with Crippen LogP contribution in [0.1, 0.15) is 30.5 Å². The summed E-state index contributed by atoms with van der Waals surface area (Å²) in [5.41, 5.74) is 2.51. The van der Waals surface area contributed by atoms with Crippen LogP contribution in [-0.2, 0) is 16.1 Å². The van der Waals surface area contributed by atoms with Gasteiger partial charge in [0.25, 0.3) is 0 Å². The first kappa shape index (κ1) is 24.7. The molecule has 3 heterocycles. The summed E-state index contributed by atoms with van der Waals surface area (Å²) in [5, 5.41) is 17.7. The number of hydrogen-bond donors (Lipinski definition) is 1. The van der Waals surface area contributed by atoms with Gasteiger partial charge < -0.3 is 10.0 Å². The number of carbonyl (C=O) groups is 3. The predicted octanol–water partition coefficient (Wildman–Crippen LogP) is 2.60. The van der Waals surface area contributed by atoms with E-state index in [-0.39, 0.29) is 12.1 Å². The van der Waals surface area contributed by atoms with Crippen LogP contribution in [0.15, 0.2) is 58.2 Å². The monoisotopic (exact) mass is 504 g/mol. The SMILES string of the molecule is CC1=NC(=O)N(C(=O)CCN2CCN(Cc3ccccc3)CC2)C(c2cccc3nonc23)C1C(=O)O. The van der Waals surface area contributed by atoms with E-state index in [9.17, 15) is 19.5 Å². The Labute approximate surface area is 213 Å². The molecule has 0 aliphatic carbocycles. The van der Waals surface area contributed by atoms with E-state index < -0.39 is 29.9 Å². The molecule has 1 fully saturated rings. The molecule has 1 N–H and O–H groups in total. The first-order valence-corrected chi connectivity index (χ1v) is 12.3. The second-order valence-electron chi connectivity index (χ2n) is 9.39. The second kappa shape index (κ2) is 10.6. The van der Waals surface area contributed by atoms with E-state index in [0.29, 0.717) is 23.1 Å². The summed E-state index contributed by atoms with van der Waals surface area (Å²) in [7, 11) is 0. The molecule has 11 nitrogen and oxygen atoms in total. The van der Waals surface area contributed by atoms with Gasteiger partial charge in [-0.05, 0) is 28.9 Å². The molecule has 1 saturated heterocycles. The van der Waals surface area contributed by atoms with Crippen molar-refractivity contribution in [2.24, 2.45) is 10.9 Å². The van der Waals surface area contributed by atoms with Crippen molar-refractivity contribution in [2.75, 3.05) is 32.7 Å². The number of hydrogen-bond acceptors (Lipinski definition) is 8. The van der Waals surface area contributed by atoms with Gasteiger partial charge in [0.2, 0.25) is 5.91 Å². The Balaban J connectivity index is 1.30. The number of urea groups is 1. The first-order chi connectivity index (χ1) is 17.9. The third-order valence-corrected chi connectivity index (χ3v) is 7.05. The van der Waals surface area contributed by atoms with Crippen LogP contribution in [0.2, 0.25) is 0 Å². The van der Waals surface area contributed by atoms with Gasteiger partial charge in [0, 0.05) is 57.0 Å². The van der Waals surface area contributed by atoms with Gasteiger partial charge in [0.05, 0.1) is 6.04 Å². The Morgan fingerprint density at radius 3 is 2.46 bits per heavy atom. The smallest absolute Gasteiger partial charge is 0.350 e. The molecule has 37 heavy (non-hydrogen) atoms. The fourth-order valence-electron chi connectivity index (χ4n) is 5.12. The first-order valence-electron chi connectivity index (χ1n) is 12.3. The lowest BCUT2D eigenvalue weighted by Gasteiger charge is -2.37. The third-order valence-electron chi connectivity index (χ3n) is 7.05. The van der Waals surface area contributed by atoms with E-state index in [4.69, 9.17) is 4.63 Å². The van der Waals surface area contributed by atoms with E-state index in [1.165, 1.54) is 12.5 Å². The van der Waals surface area contributed by atoms with Crippen molar-refractivity contribution in [3.8, 4) is 0 Å². The van der Waals surface area contributed by atoms with Gasteiger partial charge in [0.15, 0.2) is 0 Å². The molecule has 2 atom stereocenters. The molecule has 3 amide bonds. The molecule has 11 heteroatoms. The molecule has 0 radical (unpaired) electrons. The summed E-state index contributed by atoms with van der Waals surface area (Å²) in [4.78, 5) is 48.1. The number of imide groups is 1. The number of carboxylic acid groups (broad SMARTS) is 1. The highest BCUT2D eigenvalue weighted by molar-refractivity contribution is 6.11. The fourth-order valence-corrected chi connectivity index (χ4v) is 5.12. The van der Waals surface area contributed by atoms with E-state index >= 15 is 0 Å². The van der Waals surface area contributed by atoms with E-state index in [1.807, 2.05) is 18.2 Å². The molecule has 2 aliphatic heterocycles. The van der Waals surface area contributed by atoms with Gasteiger partial charge in [0.1, 0.15) is 17.0 Å². The van der Waals surface area contributed by atoms with Gasteiger partial charge in [-0.25, -0.2) is 14.4 Å². The maximum Gasteiger partial charge on any atom is 0.350 e. The minimum Gasteiger partial charge on any atom is -0.481 e. The summed E-state index contributed by atoms with van der Waals surface area (Å²) < 4.78 is 4.84. The quantitative estimate of drug-likeness (QED) is 0.515. The van der Waals surface area contributed by atoms with Crippen molar-refractivity contribution in [3.05, 3.63) is 59.7 Å². The summed E-state index contributed by atoms with van der Waals surface area (Å²) in [6.45, 7) is 6.19. The van der Waals surface area contributed by atoms with Gasteiger partial charge in [-0.2, -0.15) is 0 Å². The van der Waals surface area contributed by atoms with Crippen molar-refractivity contribution in [1.29, 1.82) is 0 Å². The van der Waals surface area contributed by atoms with E-state index in [1.54, 1.807) is 18.2 Å². The number of carboxylic acids is 1. The predicted molar refractivity (Wildman–Crippen MR) is 134 cm³/mol. The summed E-state index contributed by atoms with van der Waals surface area (Å²) in [5.74, 6) is -2.86.